The zero-order valence-corrected chi connectivity index (χ0v) is 15.4. The van der Waals surface area contributed by atoms with E-state index in [1.165, 1.54) is 0 Å². The molecule has 1 fully saturated rings. The first-order chi connectivity index (χ1) is 12.5. The van der Waals surface area contributed by atoms with Crippen molar-refractivity contribution in [3.05, 3.63) is 46.5 Å². The lowest BCUT2D eigenvalue weighted by atomic mass is 10.0. The molecule has 1 unspecified atom stereocenters. The van der Waals surface area contributed by atoms with Crippen LogP contribution in [0.1, 0.15) is 39.5 Å². The lowest BCUT2D eigenvalue weighted by molar-refractivity contribution is -0.383. The summed E-state index contributed by atoms with van der Waals surface area (Å²) >= 11 is 0. The lowest BCUT2D eigenvalue weighted by Crippen LogP contribution is -2.52. The van der Waals surface area contributed by atoms with Crippen molar-refractivity contribution in [2.45, 2.75) is 39.5 Å². The summed E-state index contributed by atoms with van der Waals surface area (Å²) in [5.74, 6) is 0.110. The van der Waals surface area contributed by atoms with E-state index in [0.29, 0.717) is 11.9 Å². The highest BCUT2D eigenvalue weighted by molar-refractivity contribution is 6.00. The molecule has 0 aromatic heterocycles. The van der Waals surface area contributed by atoms with E-state index in [1.54, 1.807) is 18.2 Å². The largest absolute Gasteiger partial charge is 0.282 e. The van der Waals surface area contributed by atoms with Gasteiger partial charge in [0, 0.05) is 30.5 Å². The second-order valence-electron chi connectivity index (χ2n) is 6.89. The smallest absolute Gasteiger partial charge is 0.277 e. The number of hydrazine groups is 1. The highest BCUT2D eigenvalue weighted by Crippen LogP contribution is 2.35. The van der Waals surface area contributed by atoms with Crippen LogP contribution in [-0.2, 0) is 4.79 Å². The maximum absolute atomic E-state index is 13.0. The molecule has 2 aromatic carbocycles. The van der Waals surface area contributed by atoms with Crippen molar-refractivity contribution in [3.63, 3.8) is 0 Å². The number of rotatable bonds is 5. The molecule has 3 rings (SSSR count). The molecular formula is C20H25N3O3. The maximum Gasteiger partial charge on any atom is 0.277 e. The van der Waals surface area contributed by atoms with E-state index < -0.39 is 0 Å². The first-order valence-corrected chi connectivity index (χ1v) is 9.29. The van der Waals surface area contributed by atoms with E-state index in [-0.39, 0.29) is 22.4 Å². The van der Waals surface area contributed by atoms with Crippen LogP contribution < -0.4 is 5.01 Å². The highest BCUT2D eigenvalue weighted by atomic mass is 16.6. The van der Waals surface area contributed by atoms with Gasteiger partial charge in [0.2, 0.25) is 5.91 Å². The number of hydrogen-bond donors (Lipinski definition) is 0. The molecule has 1 aliphatic rings. The Labute approximate surface area is 153 Å². The van der Waals surface area contributed by atoms with E-state index in [1.807, 2.05) is 35.1 Å². The third-order valence-electron chi connectivity index (χ3n) is 5.03. The summed E-state index contributed by atoms with van der Waals surface area (Å²) in [6, 6.07) is 10.7. The van der Waals surface area contributed by atoms with Gasteiger partial charge in [-0.3, -0.25) is 24.9 Å². The Morgan fingerprint density at radius 3 is 2.54 bits per heavy atom. The fourth-order valence-corrected chi connectivity index (χ4v) is 3.71. The molecule has 1 saturated heterocycles. The maximum atomic E-state index is 13.0. The Morgan fingerprint density at radius 1 is 1.15 bits per heavy atom. The zero-order valence-electron chi connectivity index (χ0n) is 15.4. The molecule has 0 radical (unpaired) electrons. The number of carbonyl (C=O) groups is 1. The van der Waals surface area contributed by atoms with Crippen molar-refractivity contribution in [1.82, 2.24) is 5.01 Å². The molecule has 138 valence electrons. The Balaban J connectivity index is 2.04. The molecule has 0 saturated carbocycles. The minimum Gasteiger partial charge on any atom is -0.282 e. The third-order valence-corrected chi connectivity index (χ3v) is 5.03. The average Bonchev–Trinajstić information content (AvgIpc) is 2.66. The number of non-ortho nitro benzene ring substituents is 1. The van der Waals surface area contributed by atoms with Crippen molar-refractivity contribution in [2.24, 2.45) is 5.92 Å². The standard InChI is InChI=1S/C20H25N3O3/c1-3-8-15(2)20(24)22-14-7-6-13-21(22)18-11-12-19(23(25)26)17-10-5-4-9-16(17)18/h4-5,9-12,15H,3,6-8,13-14H2,1-2H3. The predicted molar refractivity (Wildman–Crippen MR) is 103 cm³/mol. The van der Waals surface area contributed by atoms with Gasteiger partial charge in [-0.15, -0.1) is 0 Å². The molecule has 0 aliphatic carbocycles. The molecule has 0 spiro atoms. The number of fused-ring (bicyclic) bond motifs is 1. The van der Waals surface area contributed by atoms with Gasteiger partial charge >= 0.3 is 0 Å². The number of nitrogens with zero attached hydrogens (tertiary/aromatic N) is 3. The summed E-state index contributed by atoms with van der Waals surface area (Å²) in [6.07, 6.45) is 3.81. The first-order valence-electron chi connectivity index (χ1n) is 9.29. The van der Waals surface area contributed by atoms with Crippen LogP contribution in [0.25, 0.3) is 10.8 Å². The van der Waals surface area contributed by atoms with Crippen LogP contribution in [0.3, 0.4) is 0 Å². The van der Waals surface area contributed by atoms with Crippen molar-refractivity contribution in [1.29, 1.82) is 0 Å². The van der Waals surface area contributed by atoms with Crippen LogP contribution in [0.2, 0.25) is 0 Å². The molecule has 26 heavy (non-hydrogen) atoms. The quantitative estimate of drug-likeness (QED) is 0.584. The molecular weight excluding hydrogens is 330 g/mol. The number of benzene rings is 2. The van der Waals surface area contributed by atoms with Gasteiger partial charge in [-0.2, -0.15) is 0 Å². The van der Waals surface area contributed by atoms with Crippen molar-refractivity contribution < 1.29 is 9.72 Å². The molecule has 1 amide bonds. The summed E-state index contributed by atoms with van der Waals surface area (Å²) in [7, 11) is 0. The number of nitro benzene ring substituents is 1. The lowest BCUT2D eigenvalue weighted by Gasteiger charge is -2.41. The minimum absolute atomic E-state index is 0.0232. The molecule has 6 heteroatoms. The van der Waals surface area contributed by atoms with Crippen molar-refractivity contribution in [3.8, 4) is 0 Å². The fraction of sp³-hybridized carbons (Fsp3) is 0.450. The van der Waals surface area contributed by atoms with E-state index in [9.17, 15) is 14.9 Å². The molecule has 1 heterocycles. The zero-order chi connectivity index (χ0) is 18.7. The normalized spacial score (nSPS) is 15.9. The van der Waals surface area contributed by atoms with Crippen molar-refractivity contribution >= 4 is 28.1 Å². The molecule has 1 atom stereocenters. The van der Waals surface area contributed by atoms with Crippen molar-refractivity contribution in [2.75, 3.05) is 18.1 Å². The molecule has 1 aliphatic heterocycles. The van der Waals surface area contributed by atoms with Gasteiger partial charge in [-0.05, 0) is 31.4 Å². The Hall–Kier alpha value is -2.63. The molecule has 0 bridgehead atoms. The van der Waals surface area contributed by atoms with E-state index >= 15 is 0 Å². The summed E-state index contributed by atoms with van der Waals surface area (Å²) < 4.78 is 0. The van der Waals surface area contributed by atoms with Gasteiger partial charge in [-0.25, -0.2) is 0 Å². The van der Waals surface area contributed by atoms with Gasteiger partial charge in [0.05, 0.1) is 16.0 Å². The van der Waals surface area contributed by atoms with E-state index in [2.05, 4.69) is 6.92 Å². The summed E-state index contributed by atoms with van der Waals surface area (Å²) in [5.41, 5.74) is 0.960. The minimum atomic E-state index is -0.353. The van der Waals surface area contributed by atoms with Crippen LogP contribution >= 0.6 is 0 Å². The molecule has 2 aromatic rings. The Bertz CT molecular complexity index is 821. The molecule has 6 nitrogen and oxygen atoms in total. The van der Waals surface area contributed by atoms with Gasteiger partial charge in [0.25, 0.3) is 5.69 Å². The van der Waals surface area contributed by atoms with E-state index in [0.717, 1.165) is 43.3 Å². The highest BCUT2D eigenvalue weighted by Gasteiger charge is 2.29. The van der Waals surface area contributed by atoms with Gasteiger partial charge in [0.15, 0.2) is 0 Å². The SMILES string of the molecule is CCCC(C)C(=O)N1CCCCN1c1ccc([N+](=O)[O-])c2ccccc12. The van der Waals surface area contributed by atoms with E-state index in [4.69, 9.17) is 0 Å². The topological polar surface area (TPSA) is 66.7 Å². The summed E-state index contributed by atoms with van der Waals surface area (Å²) in [6.45, 7) is 5.50. The van der Waals surface area contributed by atoms with Crippen LogP contribution in [0.5, 0.6) is 0 Å². The van der Waals surface area contributed by atoms with Crippen LogP contribution in [0, 0.1) is 16.0 Å². The number of anilines is 1. The van der Waals surface area contributed by atoms with Gasteiger partial charge in [0.1, 0.15) is 0 Å². The predicted octanol–water partition coefficient (Wildman–Crippen LogP) is 4.53. The second-order valence-corrected chi connectivity index (χ2v) is 6.89. The van der Waals surface area contributed by atoms with Crippen LogP contribution in [-0.4, -0.2) is 28.9 Å². The Morgan fingerprint density at radius 2 is 1.85 bits per heavy atom. The average molecular weight is 355 g/mol. The Kier molecular flexibility index (Phi) is 5.40. The third kappa shape index (κ3) is 3.36. The molecule has 0 N–H and O–H groups in total. The fourth-order valence-electron chi connectivity index (χ4n) is 3.71. The second kappa shape index (κ2) is 7.72. The summed E-state index contributed by atoms with van der Waals surface area (Å²) in [5, 5.41) is 16.6. The number of hydrogen-bond acceptors (Lipinski definition) is 4. The number of carbonyl (C=O) groups excluding carboxylic acids is 1. The summed E-state index contributed by atoms with van der Waals surface area (Å²) in [4.78, 5) is 24.0. The number of amides is 1. The monoisotopic (exact) mass is 355 g/mol. The van der Waals surface area contributed by atoms with Gasteiger partial charge < -0.3 is 0 Å². The number of nitro groups is 1. The first kappa shape index (κ1) is 18.2. The van der Waals surface area contributed by atoms with Gasteiger partial charge in [-0.1, -0.05) is 38.5 Å². The van der Waals surface area contributed by atoms with Crippen LogP contribution in [0.15, 0.2) is 36.4 Å². The van der Waals surface area contributed by atoms with Crippen LogP contribution in [0.4, 0.5) is 11.4 Å².